The summed E-state index contributed by atoms with van der Waals surface area (Å²) >= 11 is 6.19. The molecule has 0 aliphatic rings. The van der Waals surface area contributed by atoms with Gasteiger partial charge in [-0.15, -0.1) is 0 Å². The first-order valence-electron chi connectivity index (χ1n) is 6.43. The molecular formula is C16H18ClNO2. The largest absolute Gasteiger partial charge is 0.484 e. The summed E-state index contributed by atoms with van der Waals surface area (Å²) in [4.78, 5) is 0. The van der Waals surface area contributed by atoms with Crippen LogP contribution in [0.2, 0.25) is 5.02 Å². The number of hydrogen-bond acceptors (Lipinski definition) is 3. The van der Waals surface area contributed by atoms with Crippen molar-refractivity contribution >= 4 is 11.6 Å². The van der Waals surface area contributed by atoms with E-state index in [0.29, 0.717) is 18.2 Å². The van der Waals surface area contributed by atoms with Gasteiger partial charge >= 0.3 is 0 Å². The average molecular weight is 292 g/mol. The second kappa shape index (κ2) is 7.29. The Morgan fingerprint density at radius 1 is 1.15 bits per heavy atom. The predicted octanol–water partition coefficient (Wildman–Crippen LogP) is 3.57. The molecule has 0 fully saturated rings. The Bertz CT molecular complexity index is 560. The van der Waals surface area contributed by atoms with Gasteiger partial charge in [0.05, 0.1) is 6.61 Å². The minimum absolute atomic E-state index is 0.263. The van der Waals surface area contributed by atoms with E-state index in [9.17, 15) is 0 Å². The molecule has 2 N–H and O–H groups in total. The van der Waals surface area contributed by atoms with Crippen LogP contribution in [-0.4, -0.2) is 13.7 Å². The summed E-state index contributed by atoms with van der Waals surface area (Å²) < 4.78 is 11.1. The molecule has 2 aromatic rings. The minimum Gasteiger partial charge on any atom is -0.484 e. The molecule has 0 saturated carbocycles. The van der Waals surface area contributed by atoms with Crippen LogP contribution in [0, 0.1) is 0 Å². The highest BCUT2D eigenvalue weighted by Gasteiger charge is 2.14. The van der Waals surface area contributed by atoms with Gasteiger partial charge in [0.1, 0.15) is 11.9 Å². The van der Waals surface area contributed by atoms with Gasteiger partial charge in [0.25, 0.3) is 0 Å². The lowest BCUT2D eigenvalue weighted by atomic mass is 10.1. The van der Waals surface area contributed by atoms with Crippen LogP contribution in [0.1, 0.15) is 17.2 Å². The third-order valence-electron chi connectivity index (χ3n) is 2.95. The molecule has 0 spiro atoms. The zero-order valence-electron chi connectivity index (χ0n) is 11.4. The molecule has 106 valence electrons. The molecule has 0 aromatic heterocycles. The molecule has 0 aliphatic carbocycles. The van der Waals surface area contributed by atoms with Gasteiger partial charge in [0.2, 0.25) is 0 Å². The van der Waals surface area contributed by atoms with E-state index in [1.807, 2.05) is 48.5 Å². The van der Waals surface area contributed by atoms with Gasteiger partial charge in [-0.05, 0) is 23.8 Å². The maximum Gasteiger partial charge on any atom is 0.137 e. The van der Waals surface area contributed by atoms with Crippen molar-refractivity contribution in [2.75, 3.05) is 13.7 Å². The van der Waals surface area contributed by atoms with Crippen LogP contribution in [0.4, 0.5) is 0 Å². The number of halogens is 1. The van der Waals surface area contributed by atoms with Crippen molar-refractivity contribution in [1.82, 2.24) is 0 Å². The Balaban J connectivity index is 2.18. The number of benzene rings is 2. The maximum absolute atomic E-state index is 6.19. The predicted molar refractivity (Wildman–Crippen MR) is 81.0 cm³/mol. The lowest BCUT2D eigenvalue weighted by Gasteiger charge is -2.19. The lowest BCUT2D eigenvalue weighted by Crippen LogP contribution is -2.18. The second-order valence-electron chi connectivity index (χ2n) is 4.44. The van der Waals surface area contributed by atoms with Crippen molar-refractivity contribution in [3.05, 3.63) is 64.7 Å². The van der Waals surface area contributed by atoms with Crippen molar-refractivity contribution < 1.29 is 9.47 Å². The van der Waals surface area contributed by atoms with Crippen LogP contribution >= 0.6 is 11.6 Å². The average Bonchev–Trinajstić information content (AvgIpc) is 2.46. The highest BCUT2D eigenvalue weighted by molar-refractivity contribution is 6.31. The first-order valence-corrected chi connectivity index (χ1v) is 6.81. The Labute approximate surface area is 124 Å². The molecular weight excluding hydrogens is 274 g/mol. The van der Waals surface area contributed by atoms with E-state index in [4.69, 9.17) is 26.8 Å². The number of rotatable bonds is 6. The van der Waals surface area contributed by atoms with E-state index in [-0.39, 0.29) is 6.10 Å². The topological polar surface area (TPSA) is 44.5 Å². The Kier molecular flexibility index (Phi) is 5.41. The zero-order valence-corrected chi connectivity index (χ0v) is 12.1. The quantitative estimate of drug-likeness (QED) is 0.885. The van der Waals surface area contributed by atoms with E-state index in [0.717, 1.165) is 16.9 Å². The van der Waals surface area contributed by atoms with Crippen LogP contribution < -0.4 is 10.5 Å². The fourth-order valence-corrected chi connectivity index (χ4v) is 2.27. The molecule has 2 rings (SSSR count). The van der Waals surface area contributed by atoms with Gasteiger partial charge in [0, 0.05) is 24.2 Å². The zero-order chi connectivity index (χ0) is 14.4. The highest BCUT2D eigenvalue weighted by atomic mass is 35.5. The molecule has 4 heteroatoms. The highest BCUT2D eigenvalue weighted by Crippen LogP contribution is 2.27. The minimum atomic E-state index is -0.263. The van der Waals surface area contributed by atoms with E-state index < -0.39 is 0 Å². The van der Waals surface area contributed by atoms with Crippen LogP contribution in [-0.2, 0) is 11.3 Å². The molecule has 0 radical (unpaired) electrons. The first kappa shape index (κ1) is 14.9. The molecule has 0 amide bonds. The first-order chi connectivity index (χ1) is 9.74. The van der Waals surface area contributed by atoms with E-state index in [1.165, 1.54) is 0 Å². The van der Waals surface area contributed by atoms with Crippen LogP contribution in [0.15, 0.2) is 48.5 Å². The SMILES string of the molecule is COCc1cccc(OC(CN)c2ccccc2Cl)c1. The molecule has 0 saturated heterocycles. The van der Waals surface area contributed by atoms with E-state index in [1.54, 1.807) is 7.11 Å². The number of hydrogen-bond donors (Lipinski definition) is 1. The van der Waals surface area contributed by atoms with E-state index in [2.05, 4.69) is 0 Å². The van der Waals surface area contributed by atoms with Gasteiger partial charge in [-0.2, -0.15) is 0 Å². The molecule has 0 bridgehead atoms. The monoisotopic (exact) mass is 291 g/mol. The van der Waals surface area contributed by atoms with Crippen LogP contribution in [0.25, 0.3) is 0 Å². The van der Waals surface area contributed by atoms with Gasteiger partial charge in [-0.25, -0.2) is 0 Å². The van der Waals surface area contributed by atoms with Crippen LogP contribution in [0.5, 0.6) is 5.75 Å². The van der Waals surface area contributed by atoms with Crippen molar-refractivity contribution in [2.24, 2.45) is 5.73 Å². The summed E-state index contributed by atoms with van der Waals surface area (Å²) in [5, 5.41) is 0.663. The maximum atomic E-state index is 6.19. The van der Waals surface area contributed by atoms with E-state index >= 15 is 0 Å². The fourth-order valence-electron chi connectivity index (χ4n) is 2.01. The number of nitrogens with two attached hydrogens (primary N) is 1. The normalized spacial score (nSPS) is 12.2. The van der Waals surface area contributed by atoms with Gasteiger partial charge < -0.3 is 15.2 Å². The molecule has 20 heavy (non-hydrogen) atoms. The van der Waals surface area contributed by atoms with Gasteiger partial charge in [-0.3, -0.25) is 0 Å². The van der Waals surface area contributed by atoms with Crippen molar-refractivity contribution in [3.8, 4) is 5.75 Å². The molecule has 0 heterocycles. The molecule has 1 unspecified atom stereocenters. The van der Waals surface area contributed by atoms with Crippen molar-refractivity contribution in [3.63, 3.8) is 0 Å². The van der Waals surface area contributed by atoms with Crippen LogP contribution in [0.3, 0.4) is 0 Å². The molecule has 2 aromatic carbocycles. The van der Waals surface area contributed by atoms with Crippen molar-refractivity contribution in [1.29, 1.82) is 0 Å². The Hall–Kier alpha value is -1.55. The second-order valence-corrected chi connectivity index (χ2v) is 4.85. The molecule has 3 nitrogen and oxygen atoms in total. The number of ether oxygens (including phenoxy) is 2. The smallest absolute Gasteiger partial charge is 0.137 e. The summed E-state index contributed by atoms with van der Waals surface area (Å²) in [5.74, 6) is 0.759. The van der Waals surface area contributed by atoms with Gasteiger partial charge in [0.15, 0.2) is 0 Å². The fraction of sp³-hybridized carbons (Fsp3) is 0.250. The lowest BCUT2D eigenvalue weighted by molar-refractivity contribution is 0.183. The molecule has 1 atom stereocenters. The number of methoxy groups -OCH3 is 1. The summed E-state index contributed by atoms with van der Waals surface area (Å²) in [5.41, 5.74) is 7.76. The Morgan fingerprint density at radius 3 is 2.65 bits per heavy atom. The summed E-state index contributed by atoms with van der Waals surface area (Å²) in [6.45, 7) is 0.912. The standard InChI is InChI=1S/C16H18ClNO2/c1-19-11-12-5-4-6-13(9-12)20-16(10-18)14-7-2-3-8-15(14)17/h2-9,16H,10-11,18H2,1H3. The third-order valence-corrected chi connectivity index (χ3v) is 3.30. The third kappa shape index (κ3) is 3.73. The summed E-state index contributed by atoms with van der Waals surface area (Å²) in [7, 11) is 1.67. The van der Waals surface area contributed by atoms with Gasteiger partial charge in [-0.1, -0.05) is 41.9 Å². The Morgan fingerprint density at radius 2 is 1.95 bits per heavy atom. The molecule has 0 aliphatic heterocycles. The summed E-state index contributed by atoms with van der Waals surface area (Å²) in [6.07, 6.45) is -0.263. The summed E-state index contributed by atoms with van der Waals surface area (Å²) in [6, 6.07) is 15.4. The van der Waals surface area contributed by atoms with Crippen molar-refractivity contribution in [2.45, 2.75) is 12.7 Å².